The molecule has 2 amide bonds. The van der Waals surface area contributed by atoms with Crippen LogP contribution < -0.4 is 10.6 Å². The van der Waals surface area contributed by atoms with Crippen LogP contribution in [0.5, 0.6) is 0 Å². The molecule has 1 fully saturated rings. The monoisotopic (exact) mass is 256 g/mol. The number of amides is 2. The molecule has 1 atom stereocenters. The average molecular weight is 256 g/mol. The molecule has 1 aliphatic carbocycles. The van der Waals surface area contributed by atoms with Gasteiger partial charge >= 0.3 is 12.0 Å². The first-order valence-electron chi connectivity index (χ1n) is 6.55. The van der Waals surface area contributed by atoms with Gasteiger partial charge in [0.25, 0.3) is 0 Å². The second kappa shape index (κ2) is 6.07. The van der Waals surface area contributed by atoms with Crippen molar-refractivity contribution in [3.63, 3.8) is 0 Å². The lowest BCUT2D eigenvalue weighted by Gasteiger charge is -2.31. The molecule has 1 saturated carbocycles. The number of carbonyl (C=O) groups is 2. The Hall–Kier alpha value is -1.26. The lowest BCUT2D eigenvalue weighted by molar-refractivity contribution is -0.138. The van der Waals surface area contributed by atoms with Gasteiger partial charge in [-0.2, -0.15) is 0 Å². The molecule has 3 N–H and O–H groups in total. The predicted octanol–water partition coefficient (Wildman–Crippen LogP) is 1.98. The lowest BCUT2D eigenvalue weighted by Crippen LogP contribution is -2.50. The predicted molar refractivity (Wildman–Crippen MR) is 69.4 cm³/mol. The van der Waals surface area contributed by atoms with Gasteiger partial charge in [0.2, 0.25) is 0 Å². The lowest BCUT2D eigenvalue weighted by atomic mass is 9.84. The smallest absolute Gasteiger partial charge is 0.315 e. The Morgan fingerprint density at radius 1 is 1.33 bits per heavy atom. The van der Waals surface area contributed by atoms with Gasteiger partial charge in [0.05, 0.1) is 6.42 Å². The Bertz CT molecular complexity index is 306. The maximum Gasteiger partial charge on any atom is 0.315 e. The number of carbonyl (C=O) groups excluding carboxylic acids is 1. The van der Waals surface area contributed by atoms with Crippen LogP contribution in [0.15, 0.2) is 0 Å². The summed E-state index contributed by atoms with van der Waals surface area (Å²) in [5.41, 5.74) is -0.272. The molecular weight excluding hydrogens is 232 g/mol. The Kier molecular flexibility index (Phi) is 4.99. The molecule has 0 heterocycles. The molecule has 0 aromatic carbocycles. The maximum absolute atomic E-state index is 11.7. The Morgan fingerprint density at radius 3 is 2.33 bits per heavy atom. The zero-order chi connectivity index (χ0) is 13.8. The number of nitrogens with one attached hydrogen (secondary N) is 2. The molecule has 0 aromatic heterocycles. The van der Waals surface area contributed by atoms with E-state index in [0.29, 0.717) is 12.5 Å². The summed E-state index contributed by atoms with van der Waals surface area (Å²) in [6.07, 6.45) is 3.55. The summed E-state index contributed by atoms with van der Waals surface area (Å²) in [7, 11) is 0. The van der Waals surface area contributed by atoms with E-state index in [0.717, 1.165) is 0 Å². The van der Waals surface area contributed by atoms with Crippen molar-refractivity contribution in [3.8, 4) is 0 Å². The van der Waals surface area contributed by atoms with Gasteiger partial charge in [0.15, 0.2) is 0 Å². The average Bonchev–Trinajstić information content (AvgIpc) is 2.11. The number of urea groups is 1. The zero-order valence-electron chi connectivity index (χ0n) is 11.5. The van der Waals surface area contributed by atoms with Crippen LogP contribution in [0.4, 0.5) is 4.79 Å². The third-order valence-corrected chi connectivity index (χ3v) is 3.51. The van der Waals surface area contributed by atoms with E-state index in [1.165, 1.54) is 19.3 Å². The molecule has 0 aromatic rings. The minimum Gasteiger partial charge on any atom is -0.481 e. The molecule has 0 aliphatic heterocycles. The third kappa shape index (κ3) is 4.94. The van der Waals surface area contributed by atoms with Crippen LogP contribution in [-0.2, 0) is 4.79 Å². The standard InChI is InChI=1S/C13H24N2O3/c1-13(2,3)10(7-11(16)17)15-12(18)14-8-9-5-4-6-9/h9-10H,4-8H2,1-3H3,(H,16,17)(H2,14,15,18). The number of hydrogen-bond acceptors (Lipinski definition) is 2. The quantitative estimate of drug-likeness (QED) is 0.703. The van der Waals surface area contributed by atoms with Crippen LogP contribution in [0.3, 0.4) is 0 Å². The molecule has 18 heavy (non-hydrogen) atoms. The minimum absolute atomic E-state index is 0.0552. The van der Waals surface area contributed by atoms with Crippen LogP contribution in [0.2, 0.25) is 0 Å². The molecule has 0 spiro atoms. The molecule has 0 radical (unpaired) electrons. The van der Waals surface area contributed by atoms with Gasteiger partial charge in [-0.25, -0.2) is 4.79 Å². The van der Waals surface area contributed by atoms with Crippen molar-refractivity contribution in [3.05, 3.63) is 0 Å². The van der Waals surface area contributed by atoms with Crippen molar-refractivity contribution in [2.24, 2.45) is 11.3 Å². The number of carboxylic acid groups (broad SMARTS) is 1. The van der Waals surface area contributed by atoms with Gasteiger partial charge in [-0.3, -0.25) is 4.79 Å². The van der Waals surface area contributed by atoms with Crippen LogP contribution in [-0.4, -0.2) is 29.7 Å². The van der Waals surface area contributed by atoms with E-state index in [1.807, 2.05) is 20.8 Å². The molecule has 1 unspecified atom stereocenters. The highest BCUT2D eigenvalue weighted by Crippen LogP contribution is 2.25. The zero-order valence-corrected chi connectivity index (χ0v) is 11.5. The highest BCUT2D eigenvalue weighted by atomic mass is 16.4. The van der Waals surface area contributed by atoms with Crippen molar-refractivity contribution >= 4 is 12.0 Å². The van der Waals surface area contributed by atoms with Crippen molar-refractivity contribution in [2.45, 2.75) is 52.5 Å². The summed E-state index contributed by atoms with van der Waals surface area (Å²) in [6.45, 7) is 6.46. The van der Waals surface area contributed by atoms with Crippen LogP contribution in [0.1, 0.15) is 46.5 Å². The first kappa shape index (κ1) is 14.8. The molecule has 1 aliphatic rings. The molecule has 0 bridgehead atoms. The second-order valence-corrected chi connectivity index (χ2v) is 6.17. The molecule has 104 valence electrons. The fourth-order valence-corrected chi connectivity index (χ4v) is 1.89. The highest BCUT2D eigenvalue weighted by Gasteiger charge is 2.28. The van der Waals surface area contributed by atoms with E-state index < -0.39 is 5.97 Å². The second-order valence-electron chi connectivity index (χ2n) is 6.17. The van der Waals surface area contributed by atoms with E-state index in [-0.39, 0.29) is 23.9 Å². The maximum atomic E-state index is 11.7. The van der Waals surface area contributed by atoms with Gasteiger partial charge in [0, 0.05) is 12.6 Å². The van der Waals surface area contributed by atoms with E-state index in [1.54, 1.807) is 0 Å². The van der Waals surface area contributed by atoms with Crippen molar-refractivity contribution in [1.82, 2.24) is 10.6 Å². The minimum atomic E-state index is -0.894. The summed E-state index contributed by atoms with van der Waals surface area (Å²) in [5, 5.41) is 14.4. The largest absolute Gasteiger partial charge is 0.481 e. The van der Waals surface area contributed by atoms with Gasteiger partial charge < -0.3 is 15.7 Å². The van der Waals surface area contributed by atoms with Crippen molar-refractivity contribution < 1.29 is 14.7 Å². The highest BCUT2D eigenvalue weighted by molar-refractivity contribution is 5.75. The number of hydrogen-bond donors (Lipinski definition) is 3. The number of rotatable bonds is 5. The first-order valence-corrected chi connectivity index (χ1v) is 6.55. The molecule has 0 saturated heterocycles. The Labute approximate surface area is 108 Å². The summed E-state index contributed by atoms with van der Waals surface area (Å²) in [6, 6.07) is -0.625. The summed E-state index contributed by atoms with van der Waals surface area (Å²) < 4.78 is 0. The van der Waals surface area contributed by atoms with Crippen molar-refractivity contribution in [1.29, 1.82) is 0 Å². The summed E-state index contributed by atoms with van der Waals surface area (Å²) in [5.74, 6) is -0.294. The molecule has 1 rings (SSSR count). The molecular formula is C13H24N2O3. The Morgan fingerprint density at radius 2 is 1.94 bits per heavy atom. The van der Waals surface area contributed by atoms with Gasteiger partial charge in [-0.05, 0) is 24.2 Å². The summed E-state index contributed by atoms with van der Waals surface area (Å²) >= 11 is 0. The van der Waals surface area contributed by atoms with Crippen LogP contribution in [0, 0.1) is 11.3 Å². The molecule has 5 heteroatoms. The van der Waals surface area contributed by atoms with E-state index in [9.17, 15) is 9.59 Å². The van der Waals surface area contributed by atoms with Gasteiger partial charge in [0.1, 0.15) is 0 Å². The van der Waals surface area contributed by atoms with Gasteiger partial charge in [-0.1, -0.05) is 27.2 Å². The topological polar surface area (TPSA) is 78.4 Å². The fourth-order valence-electron chi connectivity index (χ4n) is 1.89. The Balaban J connectivity index is 2.38. The summed E-state index contributed by atoms with van der Waals surface area (Å²) in [4.78, 5) is 22.5. The molecule has 5 nitrogen and oxygen atoms in total. The SMILES string of the molecule is CC(C)(C)C(CC(=O)O)NC(=O)NCC1CCC1. The van der Waals surface area contributed by atoms with E-state index >= 15 is 0 Å². The van der Waals surface area contributed by atoms with E-state index in [2.05, 4.69) is 10.6 Å². The van der Waals surface area contributed by atoms with Crippen molar-refractivity contribution in [2.75, 3.05) is 6.54 Å². The van der Waals surface area contributed by atoms with Crippen LogP contribution in [0.25, 0.3) is 0 Å². The normalized spacial score (nSPS) is 17.7. The fraction of sp³-hybridized carbons (Fsp3) is 0.846. The van der Waals surface area contributed by atoms with Gasteiger partial charge in [-0.15, -0.1) is 0 Å². The third-order valence-electron chi connectivity index (χ3n) is 3.51. The van der Waals surface area contributed by atoms with E-state index in [4.69, 9.17) is 5.11 Å². The first-order chi connectivity index (χ1) is 8.29. The number of aliphatic carboxylic acids is 1. The number of carboxylic acids is 1. The van der Waals surface area contributed by atoms with Crippen LogP contribution >= 0.6 is 0 Å².